The highest BCUT2D eigenvalue weighted by molar-refractivity contribution is 5.89. The average molecular weight is 378 g/mol. The summed E-state index contributed by atoms with van der Waals surface area (Å²) in [5.74, 6) is -0.989. The van der Waals surface area contributed by atoms with Gasteiger partial charge in [0.2, 0.25) is 0 Å². The Hall–Kier alpha value is -2.66. The predicted molar refractivity (Wildman–Crippen MR) is 102 cm³/mol. The van der Waals surface area contributed by atoms with Crippen molar-refractivity contribution in [3.8, 4) is 0 Å². The Morgan fingerprint density at radius 2 is 1.86 bits per heavy atom. The Kier molecular flexibility index (Phi) is 4.20. The second-order valence-corrected chi connectivity index (χ2v) is 8.07. The lowest BCUT2D eigenvalue weighted by Gasteiger charge is -2.45. The van der Waals surface area contributed by atoms with Crippen molar-refractivity contribution in [1.29, 1.82) is 0 Å². The number of benzene rings is 2. The van der Waals surface area contributed by atoms with Crippen LogP contribution >= 0.6 is 0 Å². The standard InChI is InChI=1S/C23H23NO4/c1-14-21-20(23(26)27-14)19(28-22(25)16-8-3-2-4-9-16)13-18-17-10-6-5-7-15(17)11-12-24(18)21/h2-10,14,18-21H,11-13H2,1H3/p+1/t14-,18-,19-,20-,21-/m1/s1. The molecule has 0 amide bonds. The topological polar surface area (TPSA) is 57.0 Å². The Morgan fingerprint density at radius 3 is 2.68 bits per heavy atom. The molecule has 2 aromatic carbocycles. The van der Waals surface area contributed by atoms with Crippen molar-refractivity contribution in [3.05, 3.63) is 71.3 Å². The van der Waals surface area contributed by atoms with Gasteiger partial charge in [-0.15, -0.1) is 0 Å². The second kappa shape index (κ2) is 6.74. The number of carbonyl (C=O) groups excluding carboxylic acids is 2. The quantitative estimate of drug-likeness (QED) is 0.809. The van der Waals surface area contributed by atoms with Crippen LogP contribution in [-0.4, -0.2) is 36.7 Å². The van der Waals surface area contributed by atoms with Crippen LogP contribution in [0.4, 0.5) is 0 Å². The third-order valence-corrected chi connectivity index (χ3v) is 6.59. The Morgan fingerprint density at radius 1 is 1.11 bits per heavy atom. The second-order valence-electron chi connectivity index (χ2n) is 8.07. The number of ether oxygens (including phenoxy) is 2. The lowest BCUT2D eigenvalue weighted by molar-refractivity contribution is -0.968. The molecule has 0 aliphatic carbocycles. The summed E-state index contributed by atoms with van der Waals surface area (Å²) in [5, 5.41) is 0. The zero-order chi connectivity index (χ0) is 19.3. The molecule has 5 nitrogen and oxygen atoms in total. The molecule has 1 unspecified atom stereocenters. The number of carbonyl (C=O) groups is 2. The van der Waals surface area contributed by atoms with Gasteiger partial charge in [0.15, 0.2) is 6.10 Å². The predicted octanol–water partition coefficient (Wildman–Crippen LogP) is 1.73. The monoisotopic (exact) mass is 378 g/mol. The lowest BCUT2D eigenvalue weighted by atomic mass is 9.77. The van der Waals surface area contributed by atoms with Crippen LogP contribution in [0, 0.1) is 5.92 Å². The Labute approximate surface area is 164 Å². The molecule has 0 saturated carbocycles. The number of esters is 2. The smallest absolute Gasteiger partial charge is 0.338 e. The van der Waals surface area contributed by atoms with Gasteiger partial charge in [-0.25, -0.2) is 4.79 Å². The molecule has 0 aromatic heterocycles. The van der Waals surface area contributed by atoms with Gasteiger partial charge in [0.05, 0.1) is 12.1 Å². The minimum absolute atomic E-state index is 0.0215. The first-order valence-electron chi connectivity index (χ1n) is 10.0. The molecule has 3 heterocycles. The number of quaternary nitrogens is 1. The molecule has 28 heavy (non-hydrogen) atoms. The molecule has 0 radical (unpaired) electrons. The van der Waals surface area contributed by atoms with E-state index in [0.717, 1.165) is 13.0 Å². The molecule has 1 N–H and O–H groups in total. The molecule has 6 atom stereocenters. The summed E-state index contributed by atoms with van der Waals surface area (Å²) in [6.45, 7) is 2.94. The molecule has 0 bridgehead atoms. The van der Waals surface area contributed by atoms with Crippen LogP contribution in [0.2, 0.25) is 0 Å². The number of rotatable bonds is 2. The van der Waals surface area contributed by atoms with Gasteiger partial charge < -0.3 is 14.4 Å². The highest BCUT2D eigenvalue weighted by Crippen LogP contribution is 2.37. The van der Waals surface area contributed by atoms with E-state index in [1.165, 1.54) is 16.0 Å². The normalized spacial score (nSPS) is 33.2. The van der Waals surface area contributed by atoms with Crippen LogP contribution in [0.5, 0.6) is 0 Å². The van der Waals surface area contributed by atoms with Crippen molar-refractivity contribution in [1.82, 2.24) is 0 Å². The first-order chi connectivity index (χ1) is 13.6. The fourth-order valence-corrected chi connectivity index (χ4v) is 5.40. The molecule has 3 aliphatic rings. The highest BCUT2D eigenvalue weighted by Gasteiger charge is 2.60. The molecule has 2 aromatic rings. The maximum absolute atomic E-state index is 12.7. The minimum atomic E-state index is -0.463. The fraction of sp³-hybridized carbons (Fsp3) is 0.391. The zero-order valence-electron chi connectivity index (χ0n) is 15.8. The van der Waals surface area contributed by atoms with Crippen molar-refractivity contribution in [3.63, 3.8) is 0 Å². The summed E-state index contributed by atoms with van der Waals surface area (Å²) in [5.41, 5.74) is 3.19. The third kappa shape index (κ3) is 2.73. The van der Waals surface area contributed by atoms with Crippen LogP contribution in [0.15, 0.2) is 54.6 Å². The molecule has 0 spiro atoms. The van der Waals surface area contributed by atoms with Gasteiger partial charge in [-0.3, -0.25) is 4.79 Å². The van der Waals surface area contributed by atoms with Gasteiger partial charge in [-0.1, -0.05) is 42.5 Å². The van der Waals surface area contributed by atoms with Crippen molar-refractivity contribution >= 4 is 11.9 Å². The molecule has 2 fully saturated rings. The summed E-state index contributed by atoms with van der Waals surface area (Å²) in [6, 6.07) is 17.7. The number of piperidine rings is 1. The molecule has 3 aliphatic heterocycles. The summed E-state index contributed by atoms with van der Waals surface area (Å²) >= 11 is 0. The van der Waals surface area contributed by atoms with Crippen molar-refractivity contribution < 1.29 is 24.0 Å². The summed E-state index contributed by atoms with van der Waals surface area (Å²) < 4.78 is 11.5. The van der Waals surface area contributed by atoms with Crippen molar-refractivity contribution in [2.45, 2.75) is 44.1 Å². The third-order valence-electron chi connectivity index (χ3n) is 6.59. The van der Waals surface area contributed by atoms with E-state index < -0.39 is 6.10 Å². The Balaban J connectivity index is 1.49. The summed E-state index contributed by atoms with van der Waals surface area (Å²) in [7, 11) is 0. The van der Waals surface area contributed by atoms with Crippen LogP contribution in [0.1, 0.15) is 40.9 Å². The van der Waals surface area contributed by atoms with E-state index in [9.17, 15) is 9.59 Å². The van der Waals surface area contributed by atoms with Crippen LogP contribution < -0.4 is 4.90 Å². The van der Waals surface area contributed by atoms with E-state index in [1.54, 1.807) is 12.1 Å². The molecular formula is C23H24NO4+. The van der Waals surface area contributed by atoms with Crippen LogP contribution in [0.3, 0.4) is 0 Å². The number of cyclic esters (lactones) is 1. The van der Waals surface area contributed by atoms with E-state index >= 15 is 0 Å². The van der Waals surface area contributed by atoms with Gasteiger partial charge in [0.25, 0.3) is 0 Å². The van der Waals surface area contributed by atoms with Crippen molar-refractivity contribution in [2.24, 2.45) is 5.92 Å². The lowest BCUT2D eigenvalue weighted by Crippen LogP contribution is -3.20. The molecule has 5 rings (SSSR count). The van der Waals surface area contributed by atoms with E-state index in [2.05, 4.69) is 24.3 Å². The number of fused-ring (bicyclic) bond motifs is 5. The summed E-state index contributed by atoms with van der Waals surface area (Å²) in [4.78, 5) is 26.8. The van der Waals surface area contributed by atoms with E-state index in [-0.39, 0.29) is 36.0 Å². The first kappa shape index (κ1) is 17.4. The van der Waals surface area contributed by atoms with Gasteiger partial charge in [0, 0.05) is 18.4 Å². The van der Waals surface area contributed by atoms with E-state index in [0.29, 0.717) is 12.0 Å². The average Bonchev–Trinajstić information content (AvgIpc) is 3.03. The maximum Gasteiger partial charge on any atom is 0.338 e. The molecule has 2 saturated heterocycles. The van der Waals surface area contributed by atoms with E-state index in [4.69, 9.17) is 9.47 Å². The van der Waals surface area contributed by atoms with Gasteiger partial charge in [0.1, 0.15) is 24.1 Å². The maximum atomic E-state index is 12.7. The number of hydrogen-bond donors (Lipinski definition) is 1. The van der Waals surface area contributed by atoms with Crippen LogP contribution in [0.25, 0.3) is 0 Å². The number of hydrogen-bond acceptors (Lipinski definition) is 4. The van der Waals surface area contributed by atoms with E-state index in [1.807, 2.05) is 25.1 Å². The summed E-state index contributed by atoms with van der Waals surface area (Å²) in [6.07, 6.45) is 1.02. The van der Waals surface area contributed by atoms with Gasteiger partial charge >= 0.3 is 11.9 Å². The van der Waals surface area contributed by atoms with Gasteiger partial charge in [-0.05, 0) is 24.6 Å². The van der Waals surface area contributed by atoms with Crippen molar-refractivity contribution in [2.75, 3.05) is 6.54 Å². The highest BCUT2D eigenvalue weighted by atomic mass is 16.6. The van der Waals surface area contributed by atoms with Crippen LogP contribution in [-0.2, 0) is 20.7 Å². The first-order valence-corrected chi connectivity index (χ1v) is 10.0. The number of nitrogens with one attached hydrogen (secondary N) is 1. The molecule has 144 valence electrons. The largest absolute Gasteiger partial charge is 0.457 e. The SMILES string of the molecule is C[C@H]1OC(=O)[C@H]2[C@@H]1[NH+]1CCc3ccccc3[C@H]1C[C@H]2OC(=O)c1ccccc1. The molecular weight excluding hydrogens is 354 g/mol. The Bertz CT molecular complexity index is 912. The zero-order valence-corrected chi connectivity index (χ0v) is 15.8. The van der Waals surface area contributed by atoms with Gasteiger partial charge in [-0.2, -0.15) is 0 Å². The fourth-order valence-electron chi connectivity index (χ4n) is 5.40. The molecule has 5 heteroatoms. The minimum Gasteiger partial charge on any atom is -0.457 e.